The van der Waals surface area contributed by atoms with E-state index >= 15 is 0 Å². The zero-order valence-electron chi connectivity index (χ0n) is 18.6. The number of pyridine rings is 1. The molecule has 10 heteroatoms. The highest BCUT2D eigenvalue weighted by Crippen LogP contribution is 2.25. The standard InChI is InChI=1S/C23H28N6O4/c1-14(2)21(27-28-24)23(33)29-12-18(31)10-20(29)22(32)26-19(13-30)16-7-5-15(6-8-16)17-4-3-9-25-11-17/h3-9,11,14,18-21,30-31H,10,12-13H2,1-2H3,(H,26,32)/t18-,19+,20+,21+/m1/s1. The maximum atomic E-state index is 13.0. The van der Waals surface area contributed by atoms with E-state index < -0.39 is 36.0 Å². The van der Waals surface area contributed by atoms with Crippen molar-refractivity contribution in [2.45, 2.75) is 44.5 Å². The number of nitrogens with zero attached hydrogens (tertiary/aromatic N) is 5. The molecule has 33 heavy (non-hydrogen) atoms. The largest absolute Gasteiger partial charge is 0.394 e. The van der Waals surface area contributed by atoms with Crippen LogP contribution >= 0.6 is 0 Å². The van der Waals surface area contributed by atoms with E-state index in [0.717, 1.165) is 11.1 Å². The molecule has 174 valence electrons. The quantitative estimate of drug-likeness (QED) is 0.318. The van der Waals surface area contributed by atoms with Gasteiger partial charge in [-0.25, -0.2) is 0 Å². The number of carbonyl (C=O) groups excluding carboxylic acids is 2. The molecule has 0 unspecified atom stereocenters. The number of carbonyl (C=O) groups is 2. The Morgan fingerprint density at radius 2 is 2.00 bits per heavy atom. The number of aliphatic hydroxyl groups is 2. The second kappa shape index (κ2) is 10.9. The first-order chi connectivity index (χ1) is 15.8. The normalized spacial score (nSPS) is 19.6. The molecule has 3 N–H and O–H groups in total. The molecule has 1 saturated heterocycles. The number of azide groups is 1. The third-order valence-electron chi connectivity index (χ3n) is 5.73. The molecule has 3 rings (SSSR count). The first-order valence-electron chi connectivity index (χ1n) is 10.8. The monoisotopic (exact) mass is 452 g/mol. The third-order valence-corrected chi connectivity index (χ3v) is 5.73. The van der Waals surface area contributed by atoms with E-state index in [1.165, 1.54) is 4.90 Å². The van der Waals surface area contributed by atoms with Crippen LogP contribution in [0.15, 0.2) is 53.9 Å². The molecule has 0 radical (unpaired) electrons. The van der Waals surface area contributed by atoms with Crippen LogP contribution in [0.2, 0.25) is 0 Å². The molecule has 1 aromatic carbocycles. The number of amides is 2. The SMILES string of the molecule is CC(C)[C@H](N=[N+]=[N-])C(=O)N1C[C@H](O)C[C@H]1C(=O)N[C@@H](CO)c1ccc(-c2cccnc2)cc1. The van der Waals surface area contributed by atoms with Gasteiger partial charge in [-0.3, -0.25) is 14.6 Å². The predicted molar refractivity (Wildman–Crippen MR) is 122 cm³/mol. The summed E-state index contributed by atoms with van der Waals surface area (Å²) in [7, 11) is 0. The molecule has 0 saturated carbocycles. The Morgan fingerprint density at radius 3 is 2.58 bits per heavy atom. The van der Waals surface area contributed by atoms with Gasteiger partial charge in [0.05, 0.1) is 18.8 Å². The Balaban J connectivity index is 1.74. The van der Waals surface area contributed by atoms with Gasteiger partial charge >= 0.3 is 0 Å². The predicted octanol–water partition coefficient (Wildman–Crippen LogP) is 2.19. The van der Waals surface area contributed by atoms with Crippen LogP contribution in [0.4, 0.5) is 0 Å². The van der Waals surface area contributed by atoms with Crippen LogP contribution in [-0.2, 0) is 9.59 Å². The fourth-order valence-electron chi connectivity index (χ4n) is 3.94. The van der Waals surface area contributed by atoms with E-state index in [9.17, 15) is 19.8 Å². The minimum atomic E-state index is -0.968. The summed E-state index contributed by atoms with van der Waals surface area (Å²) in [6, 6.07) is 8.58. The van der Waals surface area contributed by atoms with Crippen molar-refractivity contribution in [1.29, 1.82) is 0 Å². The van der Waals surface area contributed by atoms with E-state index in [4.69, 9.17) is 5.53 Å². The van der Waals surface area contributed by atoms with Crippen molar-refractivity contribution < 1.29 is 19.8 Å². The van der Waals surface area contributed by atoms with Gasteiger partial charge in [-0.2, -0.15) is 0 Å². The van der Waals surface area contributed by atoms with E-state index in [0.29, 0.717) is 5.56 Å². The molecule has 1 aromatic heterocycles. The summed E-state index contributed by atoms with van der Waals surface area (Å²) in [6.07, 6.45) is 2.64. The van der Waals surface area contributed by atoms with E-state index in [-0.39, 0.29) is 25.5 Å². The number of benzene rings is 1. The molecular formula is C23H28N6O4. The third kappa shape index (κ3) is 5.67. The number of rotatable bonds is 8. The Labute approximate surface area is 191 Å². The number of hydrogen-bond acceptors (Lipinski definition) is 6. The minimum Gasteiger partial charge on any atom is -0.394 e. The summed E-state index contributed by atoms with van der Waals surface area (Å²) in [6.45, 7) is 3.13. The first-order valence-corrected chi connectivity index (χ1v) is 10.8. The molecule has 0 bridgehead atoms. The van der Waals surface area contributed by atoms with Gasteiger partial charge < -0.3 is 20.4 Å². The number of aromatic nitrogens is 1. The van der Waals surface area contributed by atoms with Crippen molar-refractivity contribution in [3.63, 3.8) is 0 Å². The molecule has 2 amide bonds. The Morgan fingerprint density at radius 1 is 1.27 bits per heavy atom. The van der Waals surface area contributed by atoms with Crippen LogP contribution in [0.5, 0.6) is 0 Å². The van der Waals surface area contributed by atoms with Crippen molar-refractivity contribution >= 4 is 11.8 Å². The van der Waals surface area contributed by atoms with Gasteiger partial charge in [-0.05, 0) is 34.2 Å². The van der Waals surface area contributed by atoms with Gasteiger partial charge in [0.25, 0.3) is 0 Å². The average Bonchev–Trinajstić information content (AvgIpc) is 3.22. The highest BCUT2D eigenvalue weighted by molar-refractivity contribution is 5.91. The second-order valence-corrected chi connectivity index (χ2v) is 8.40. The van der Waals surface area contributed by atoms with Gasteiger partial charge in [0, 0.05) is 30.3 Å². The summed E-state index contributed by atoms with van der Waals surface area (Å²) in [5.41, 5.74) is 11.4. The van der Waals surface area contributed by atoms with Crippen molar-refractivity contribution in [1.82, 2.24) is 15.2 Å². The topological polar surface area (TPSA) is 152 Å². The van der Waals surface area contributed by atoms with E-state index in [1.807, 2.05) is 36.4 Å². The summed E-state index contributed by atoms with van der Waals surface area (Å²) < 4.78 is 0. The Bertz CT molecular complexity index is 1010. The van der Waals surface area contributed by atoms with Gasteiger partial charge in [0.2, 0.25) is 11.8 Å². The van der Waals surface area contributed by atoms with Crippen LogP contribution in [0, 0.1) is 5.92 Å². The van der Waals surface area contributed by atoms with E-state index in [2.05, 4.69) is 20.3 Å². The molecule has 4 atom stereocenters. The summed E-state index contributed by atoms with van der Waals surface area (Å²) in [4.78, 5) is 34.1. The first kappa shape index (κ1) is 24.2. The van der Waals surface area contributed by atoms with Gasteiger partial charge in [-0.1, -0.05) is 49.3 Å². The molecule has 2 aromatic rings. The van der Waals surface area contributed by atoms with Crippen molar-refractivity contribution in [3.8, 4) is 11.1 Å². The molecular weight excluding hydrogens is 424 g/mol. The molecule has 10 nitrogen and oxygen atoms in total. The summed E-state index contributed by atoms with van der Waals surface area (Å²) in [5.74, 6) is -1.25. The molecule has 2 heterocycles. The molecule has 1 aliphatic heterocycles. The Kier molecular flexibility index (Phi) is 8.00. The molecule has 0 aliphatic carbocycles. The van der Waals surface area contributed by atoms with Crippen LogP contribution in [0.1, 0.15) is 31.9 Å². The average molecular weight is 453 g/mol. The van der Waals surface area contributed by atoms with Crippen molar-refractivity contribution in [2.75, 3.05) is 13.2 Å². The van der Waals surface area contributed by atoms with Crippen LogP contribution in [0.25, 0.3) is 21.6 Å². The zero-order valence-corrected chi connectivity index (χ0v) is 18.6. The van der Waals surface area contributed by atoms with Gasteiger partial charge in [-0.15, -0.1) is 0 Å². The zero-order chi connectivity index (χ0) is 24.0. The minimum absolute atomic E-state index is 0.0231. The summed E-state index contributed by atoms with van der Waals surface area (Å²) >= 11 is 0. The van der Waals surface area contributed by atoms with Crippen molar-refractivity contribution in [3.05, 3.63) is 64.8 Å². The van der Waals surface area contributed by atoms with Crippen molar-refractivity contribution in [2.24, 2.45) is 11.0 Å². The molecule has 0 spiro atoms. The second-order valence-electron chi connectivity index (χ2n) is 8.40. The highest BCUT2D eigenvalue weighted by Gasteiger charge is 2.42. The summed E-state index contributed by atoms with van der Waals surface area (Å²) in [5, 5.41) is 26.4. The van der Waals surface area contributed by atoms with Crippen LogP contribution in [0.3, 0.4) is 0 Å². The lowest BCUT2D eigenvalue weighted by molar-refractivity contribution is -0.140. The maximum absolute atomic E-state index is 13.0. The van der Waals surface area contributed by atoms with Gasteiger partial charge in [0.15, 0.2) is 0 Å². The highest BCUT2D eigenvalue weighted by atomic mass is 16.3. The van der Waals surface area contributed by atoms with Crippen LogP contribution in [-0.4, -0.2) is 63.3 Å². The lowest BCUT2D eigenvalue weighted by Gasteiger charge is -2.29. The van der Waals surface area contributed by atoms with Crippen LogP contribution < -0.4 is 5.32 Å². The fourth-order valence-corrected chi connectivity index (χ4v) is 3.94. The number of aliphatic hydroxyl groups excluding tert-OH is 2. The number of β-amino-alcohol motifs (C(OH)–C–C–N with tert-alkyl or cyclic N) is 1. The maximum Gasteiger partial charge on any atom is 0.243 e. The lowest BCUT2D eigenvalue weighted by Crippen LogP contribution is -2.50. The van der Waals surface area contributed by atoms with E-state index in [1.54, 1.807) is 26.2 Å². The molecule has 1 fully saturated rings. The van der Waals surface area contributed by atoms with Gasteiger partial charge in [0.1, 0.15) is 12.1 Å². The fraction of sp³-hybridized carbons (Fsp3) is 0.435. The number of likely N-dealkylation sites (tertiary alicyclic amines) is 1. The lowest BCUT2D eigenvalue weighted by atomic mass is 10.0. The molecule has 1 aliphatic rings. The number of hydrogen-bond donors (Lipinski definition) is 3. The smallest absolute Gasteiger partial charge is 0.243 e. The number of nitrogens with one attached hydrogen (secondary N) is 1. The Hall–Kier alpha value is -3.46.